The molecule has 0 saturated carbocycles. The van der Waals surface area contributed by atoms with Crippen LogP contribution in [0.4, 0.5) is 11.4 Å². The van der Waals surface area contributed by atoms with Crippen LogP contribution in [0.1, 0.15) is 77.0 Å². The Balaban J connectivity index is 1.38. The summed E-state index contributed by atoms with van der Waals surface area (Å²) in [6.45, 7) is 13.5. The molecular formula is C41H53N3O8Si. The summed E-state index contributed by atoms with van der Waals surface area (Å²) in [4.78, 5) is 70.7. The molecule has 6 atom stereocenters. The maximum atomic E-state index is 15.0. The average molecular weight is 744 g/mol. The zero-order chi connectivity index (χ0) is 38.4. The number of carbonyl (C=O) groups is 4. The van der Waals surface area contributed by atoms with Crippen LogP contribution >= 0.6 is 0 Å². The van der Waals surface area contributed by atoms with Crippen molar-refractivity contribution in [3.8, 4) is 0 Å². The van der Waals surface area contributed by atoms with E-state index in [0.717, 1.165) is 29.5 Å². The Labute approximate surface area is 313 Å². The summed E-state index contributed by atoms with van der Waals surface area (Å²) in [5.41, 5.74) is 4.12. The summed E-state index contributed by atoms with van der Waals surface area (Å²) in [6, 6.07) is 12.8. The van der Waals surface area contributed by atoms with Gasteiger partial charge in [-0.05, 0) is 82.5 Å². The molecule has 11 nitrogen and oxygen atoms in total. The van der Waals surface area contributed by atoms with Crippen molar-refractivity contribution in [2.45, 2.75) is 116 Å². The molecule has 2 aromatic rings. The first-order chi connectivity index (χ1) is 25.1. The second-order valence-electron chi connectivity index (χ2n) is 15.9. The number of carbonyl (C=O) groups excluding carboxylic acids is 4. The van der Waals surface area contributed by atoms with Crippen LogP contribution in [0.25, 0.3) is 0 Å². The maximum absolute atomic E-state index is 15.0. The number of allylic oxidation sites excluding steroid dienone is 3. The fourth-order valence-electron chi connectivity index (χ4n) is 8.85. The third-order valence-corrected chi connectivity index (χ3v) is 13.9. The van der Waals surface area contributed by atoms with Crippen molar-refractivity contribution in [2.24, 2.45) is 5.92 Å². The number of fused-ring (bicyclic) bond motifs is 3. The second kappa shape index (κ2) is 15.0. The molecule has 4 aliphatic rings. The van der Waals surface area contributed by atoms with E-state index in [1.54, 1.807) is 21.9 Å². The van der Waals surface area contributed by atoms with Gasteiger partial charge in [0, 0.05) is 42.7 Å². The Hall–Kier alpha value is -4.10. The molecule has 0 aromatic heterocycles. The quantitative estimate of drug-likeness (QED) is 0.134. The van der Waals surface area contributed by atoms with Crippen LogP contribution in [0.2, 0.25) is 18.6 Å². The molecule has 2 N–H and O–H groups in total. The molecule has 6 rings (SSSR count). The van der Waals surface area contributed by atoms with Crippen LogP contribution in [-0.2, 0) is 47.2 Å². The summed E-state index contributed by atoms with van der Waals surface area (Å²) in [7, 11) is -3.10. The van der Waals surface area contributed by atoms with E-state index >= 15 is 4.79 Å². The Morgan fingerprint density at radius 3 is 2.40 bits per heavy atom. The number of aliphatic hydroxyl groups is 1. The highest BCUT2D eigenvalue weighted by atomic mass is 28.4. The molecule has 0 aliphatic carbocycles. The largest absolute Gasteiger partial charge is 0.441 e. The molecule has 2 fully saturated rings. The lowest BCUT2D eigenvalue weighted by Crippen LogP contribution is -2.55. The second-order valence-corrected chi connectivity index (χ2v) is 19.9. The van der Waals surface area contributed by atoms with Crippen molar-refractivity contribution < 1.29 is 38.6 Å². The molecular weight excluding hydrogens is 691 g/mol. The molecule has 2 aromatic carbocycles. The molecule has 1 spiro atoms. The smallest absolute Gasteiger partial charge is 0.304 e. The van der Waals surface area contributed by atoms with Gasteiger partial charge in [0.25, 0.3) is 5.91 Å². The number of hydrogen-bond donors (Lipinski definition) is 2. The molecule has 0 radical (unpaired) electrons. The molecule has 3 amide bonds. The molecule has 2 saturated heterocycles. The SMILES string of the molecule is CC(=O)OC1CC(=O)N1c1ccc2c(c1)[C@@]1(O[C@H](CC(=O)N3Cc4ccccc4C[C@H]3CO)[C@@H]([Si](C)(C)O)[C@@H]1C)C(=O)N2C/C=C(\C)CCC=C(C)C. The van der Waals surface area contributed by atoms with Gasteiger partial charge in [-0.15, -0.1) is 0 Å². The van der Waals surface area contributed by atoms with Gasteiger partial charge < -0.3 is 29.2 Å². The summed E-state index contributed by atoms with van der Waals surface area (Å²) in [6.07, 6.45) is 4.94. The minimum atomic E-state index is -3.10. The molecule has 12 heteroatoms. The Bertz CT molecular complexity index is 1850. The number of esters is 1. The molecule has 284 valence electrons. The zero-order valence-electron chi connectivity index (χ0n) is 31.9. The number of nitrogens with zero attached hydrogens (tertiary/aromatic N) is 3. The number of hydrogen-bond acceptors (Lipinski definition) is 8. The van der Waals surface area contributed by atoms with Gasteiger partial charge in [0.15, 0.2) is 20.1 Å². The van der Waals surface area contributed by atoms with Crippen molar-refractivity contribution in [1.82, 2.24) is 4.90 Å². The molecule has 1 unspecified atom stereocenters. The highest BCUT2D eigenvalue weighted by Gasteiger charge is 2.66. The minimum absolute atomic E-state index is 0.0585. The van der Waals surface area contributed by atoms with Crippen molar-refractivity contribution >= 4 is 43.4 Å². The van der Waals surface area contributed by atoms with E-state index in [4.69, 9.17) is 9.47 Å². The van der Waals surface area contributed by atoms with E-state index in [0.29, 0.717) is 36.4 Å². The molecule has 0 bridgehead atoms. The number of benzene rings is 2. The van der Waals surface area contributed by atoms with E-state index < -0.39 is 49.7 Å². The van der Waals surface area contributed by atoms with Crippen LogP contribution in [0.5, 0.6) is 0 Å². The summed E-state index contributed by atoms with van der Waals surface area (Å²) >= 11 is 0. The van der Waals surface area contributed by atoms with Crippen molar-refractivity contribution in [3.63, 3.8) is 0 Å². The predicted octanol–water partition coefficient (Wildman–Crippen LogP) is 5.49. The number of anilines is 2. The van der Waals surface area contributed by atoms with Gasteiger partial charge >= 0.3 is 5.97 Å². The lowest BCUT2D eigenvalue weighted by molar-refractivity contribution is -0.154. The lowest BCUT2D eigenvalue weighted by atomic mass is 9.82. The number of amides is 3. The van der Waals surface area contributed by atoms with E-state index in [-0.39, 0.29) is 37.2 Å². The zero-order valence-corrected chi connectivity index (χ0v) is 32.9. The lowest BCUT2D eigenvalue weighted by Gasteiger charge is -2.39. The van der Waals surface area contributed by atoms with Crippen molar-refractivity contribution in [2.75, 3.05) is 23.0 Å². The summed E-state index contributed by atoms with van der Waals surface area (Å²) in [5, 5.41) is 10.3. The number of rotatable bonds is 11. The summed E-state index contributed by atoms with van der Waals surface area (Å²) < 4.78 is 12.4. The highest BCUT2D eigenvalue weighted by molar-refractivity contribution is 6.71. The van der Waals surface area contributed by atoms with Crippen LogP contribution in [0, 0.1) is 5.92 Å². The van der Waals surface area contributed by atoms with Crippen LogP contribution in [-0.4, -0.2) is 78.3 Å². The Morgan fingerprint density at radius 1 is 1.04 bits per heavy atom. The average Bonchev–Trinajstić information content (AvgIpc) is 3.51. The monoisotopic (exact) mass is 743 g/mol. The first-order valence-corrected chi connectivity index (χ1v) is 21.7. The molecule has 4 aliphatic heterocycles. The Morgan fingerprint density at radius 2 is 1.75 bits per heavy atom. The predicted molar refractivity (Wildman–Crippen MR) is 204 cm³/mol. The van der Waals surface area contributed by atoms with Crippen molar-refractivity contribution in [1.29, 1.82) is 0 Å². The van der Waals surface area contributed by atoms with E-state index in [2.05, 4.69) is 32.9 Å². The van der Waals surface area contributed by atoms with Gasteiger partial charge in [-0.1, -0.05) is 54.5 Å². The van der Waals surface area contributed by atoms with Gasteiger partial charge in [-0.3, -0.25) is 24.1 Å². The first kappa shape index (κ1) is 38.6. The van der Waals surface area contributed by atoms with Crippen LogP contribution < -0.4 is 9.80 Å². The number of aliphatic hydroxyl groups excluding tert-OH is 1. The molecule has 53 heavy (non-hydrogen) atoms. The minimum Gasteiger partial charge on any atom is -0.441 e. The third kappa shape index (κ3) is 7.26. The third-order valence-electron chi connectivity index (χ3n) is 11.4. The van der Waals surface area contributed by atoms with E-state index in [1.807, 2.05) is 50.3 Å². The van der Waals surface area contributed by atoms with Crippen LogP contribution in [0.15, 0.2) is 65.8 Å². The topological polar surface area (TPSA) is 137 Å². The highest BCUT2D eigenvalue weighted by Crippen LogP contribution is 2.60. The standard InChI is InChI=1S/C41H53N3O8Si/c1-25(2)11-10-12-26(3)17-18-42-34-16-15-31(44-37(48)22-38(44)51-28(5)46)20-33(34)41(40(42)49)27(4)39(53(6,7)50)35(52-41)21-36(47)43-23-30-14-9-8-13-29(30)19-32(43)24-45/h8-9,11,13-17,20,27,32,35,38-39,45,50H,10,12,18-19,21-24H2,1-7H3/b26-17+/t27-,32-,35+,38?,39-,41+/m0/s1. The van der Waals surface area contributed by atoms with Gasteiger partial charge in [0.1, 0.15) is 0 Å². The fourth-order valence-corrected chi connectivity index (χ4v) is 11.4. The van der Waals surface area contributed by atoms with Gasteiger partial charge in [-0.25, -0.2) is 0 Å². The molecule has 4 heterocycles. The first-order valence-electron chi connectivity index (χ1n) is 18.7. The fraction of sp³-hybridized carbons (Fsp3) is 0.512. The Kier molecular flexibility index (Phi) is 10.9. The van der Waals surface area contributed by atoms with Gasteiger partial charge in [0.2, 0.25) is 11.8 Å². The van der Waals surface area contributed by atoms with Crippen molar-refractivity contribution in [3.05, 3.63) is 82.5 Å². The van der Waals surface area contributed by atoms with Gasteiger partial charge in [0.05, 0.1) is 37.3 Å². The van der Waals surface area contributed by atoms with Gasteiger partial charge in [-0.2, -0.15) is 0 Å². The maximum Gasteiger partial charge on any atom is 0.304 e. The van der Waals surface area contributed by atoms with Crippen LogP contribution in [0.3, 0.4) is 0 Å². The number of β-lactam (4-membered cyclic amide) rings is 1. The van der Waals surface area contributed by atoms with E-state index in [1.165, 1.54) is 17.4 Å². The number of ether oxygens (including phenoxy) is 2. The normalized spacial score (nSPS) is 26.8. The van der Waals surface area contributed by atoms with E-state index in [9.17, 15) is 24.3 Å². The summed E-state index contributed by atoms with van der Waals surface area (Å²) in [5.74, 6) is -1.74.